The zero-order chi connectivity index (χ0) is 21.1. The van der Waals surface area contributed by atoms with E-state index in [1.54, 1.807) is 13.0 Å². The van der Waals surface area contributed by atoms with Crippen molar-refractivity contribution in [1.29, 1.82) is 0 Å². The molecule has 0 atom stereocenters. The van der Waals surface area contributed by atoms with Crippen LogP contribution in [-0.2, 0) is 6.42 Å². The number of aryl methyl sites for hydroxylation is 1. The van der Waals surface area contributed by atoms with Crippen molar-refractivity contribution < 1.29 is 14.6 Å². The van der Waals surface area contributed by atoms with Crippen molar-refractivity contribution in [3.8, 4) is 17.0 Å². The number of amides is 1. The third kappa shape index (κ3) is 5.70. The van der Waals surface area contributed by atoms with E-state index in [1.807, 2.05) is 20.8 Å². The van der Waals surface area contributed by atoms with Crippen LogP contribution in [0.5, 0.6) is 5.75 Å². The molecule has 9 heteroatoms. The third-order valence-corrected chi connectivity index (χ3v) is 4.63. The van der Waals surface area contributed by atoms with Crippen molar-refractivity contribution >= 4 is 40.9 Å². The van der Waals surface area contributed by atoms with Gasteiger partial charge in [0.2, 0.25) is 0 Å². The number of ether oxygens (including phenoxy) is 1. The molecule has 0 bridgehead atoms. The van der Waals surface area contributed by atoms with Crippen LogP contribution >= 0.6 is 34.8 Å². The van der Waals surface area contributed by atoms with Crippen LogP contribution in [0, 0.1) is 6.92 Å². The molecule has 0 aliphatic carbocycles. The number of aliphatic hydroxyl groups is 1. The van der Waals surface area contributed by atoms with E-state index >= 15 is 0 Å². The monoisotopic (exact) mass is 445 g/mol. The maximum absolute atomic E-state index is 12.1. The van der Waals surface area contributed by atoms with Gasteiger partial charge < -0.3 is 15.2 Å². The summed E-state index contributed by atoms with van der Waals surface area (Å²) in [5.41, 5.74) is 0.988. The fourth-order valence-electron chi connectivity index (χ4n) is 2.51. The number of halogens is 3. The van der Waals surface area contributed by atoms with Crippen molar-refractivity contribution in [2.24, 2.45) is 0 Å². The van der Waals surface area contributed by atoms with Crippen LogP contribution in [0.2, 0.25) is 15.2 Å². The smallest absolute Gasteiger partial charge is 0.409 e. The number of carbonyl (C=O) groups is 1. The van der Waals surface area contributed by atoms with Crippen LogP contribution in [0.15, 0.2) is 12.1 Å². The van der Waals surface area contributed by atoms with E-state index in [4.69, 9.17) is 39.5 Å². The highest BCUT2D eigenvalue weighted by Gasteiger charge is 2.23. The zero-order valence-corrected chi connectivity index (χ0v) is 18.3. The van der Waals surface area contributed by atoms with Crippen molar-refractivity contribution in [3.05, 3.63) is 38.7 Å². The summed E-state index contributed by atoms with van der Waals surface area (Å²) in [7, 11) is 0. The second-order valence-corrected chi connectivity index (χ2v) is 8.36. The van der Waals surface area contributed by atoms with Crippen molar-refractivity contribution in [2.75, 3.05) is 6.61 Å². The summed E-state index contributed by atoms with van der Waals surface area (Å²) in [6.45, 7) is 7.19. The van der Waals surface area contributed by atoms with Crippen LogP contribution in [0.1, 0.15) is 38.6 Å². The molecule has 2 N–H and O–H groups in total. The minimum absolute atomic E-state index is 0.0127. The van der Waals surface area contributed by atoms with Crippen LogP contribution < -0.4 is 10.1 Å². The largest absolute Gasteiger partial charge is 0.413 e. The van der Waals surface area contributed by atoms with E-state index in [-0.39, 0.29) is 22.5 Å². The van der Waals surface area contributed by atoms with Gasteiger partial charge in [-0.25, -0.2) is 14.8 Å². The number of nitrogens with zero attached hydrogens (tertiary/aromatic N) is 2. The van der Waals surface area contributed by atoms with E-state index in [9.17, 15) is 9.90 Å². The molecule has 6 nitrogen and oxygen atoms in total. The molecule has 28 heavy (non-hydrogen) atoms. The average molecular weight is 447 g/mol. The molecular weight excluding hydrogens is 425 g/mol. The summed E-state index contributed by atoms with van der Waals surface area (Å²) < 4.78 is 5.36. The number of hydrogen-bond donors (Lipinski definition) is 2. The van der Waals surface area contributed by atoms with Crippen LogP contribution in [0.25, 0.3) is 11.3 Å². The first-order valence-electron chi connectivity index (χ1n) is 8.65. The SMILES string of the molecule is Cc1nc(Cl)c(CCCO)c(-c2c(Cl)ccc(OC(=O)NC(C)(C)C)c2Cl)n1. The van der Waals surface area contributed by atoms with Gasteiger partial charge in [-0.2, -0.15) is 0 Å². The highest BCUT2D eigenvalue weighted by Crippen LogP contribution is 2.42. The predicted molar refractivity (Wildman–Crippen MR) is 112 cm³/mol. The Morgan fingerprint density at radius 2 is 1.89 bits per heavy atom. The topological polar surface area (TPSA) is 84.3 Å². The molecule has 2 aromatic rings. The molecular formula is C19H22Cl3N3O3. The van der Waals surface area contributed by atoms with Gasteiger partial charge in [0.25, 0.3) is 0 Å². The summed E-state index contributed by atoms with van der Waals surface area (Å²) >= 11 is 19.2. The minimum atomic E-state index is -0.639. The second-order valence-electron chi connectivity index (χ2n) is 7.21. The molecule has 0 saturated heterocycles. The summed E-state index contributed by atoms with van der Waals surface area (Å²) in [6.07, 6.45) is 0.270. The Morgan fingerprint density at radius 1 is 1.21 bits per heavy atom. The standard InChI is InChI=1S/C19H22Cl3N3O3/c1-10-23-16(11(6-5-9-26)17(22)24-10)14-12(20)7-8-13(15(14)21)28-18(27)25-19(2,3)4/h7-8,26H,5-6,9H2,1-4H3,(H,25,27). The predicted octanol–water partition coefficient (Wildman–Crippen LogP) is 5.22. The van der Waals surface area contributed by atoms with E-state index in [2.05, 4.69) is 15.3 Å². The normalized spacial score (nSPS) is 11.4. The summed E-state index contributed by atoms with van der Waals surface area (Å²) in [4.78, 5) is 20.8. The minimum Gasteiger partial charge on any atom is -0.409 e. The Kier molecular flexibility index (Phi) is 7.51. The molecule has 1 aromatic carbocycles. The van der Waals surface area contributed by atoms with Gasteiger partial charge in [0.1, 0.15) is 11.0 Å². The van der Waals surface area contributed by atoms with Gasteiger partial charge in [-0.15, -0.1) is 0 Å². The number of carbonyl (C=O) groups excluding carboxylic acids is 1. The lowest BCUT2D eigenvalue weighted by Crippen LogP contribution is -2.42. The van der Waals surface area contributed by atoms with Gasteiger partial charge in [0.05, 0.1) is 15.7 Å². The van der Waals surface area contributed by atoms with Crippen molar-refractivity contribution in [3.63, 3.8) is 0 Å². The number of benzene rings is 1. The quantitative estimate of drug-likeness (QED) is 0.615. The Balaban J connectivity index is 2.54. The lowest BCUT2D eigenvalue weighted by atomic mass is 10.0. The molecule has 0 unspecified atom stereocenters. The molecule has 1 amide bonds. The van der Waals surface area contributed by atoms with Crippen LogP contribution in [0.3, 0.4) is 0 Å². The second kappa shape index (κ2) is 9.27. The Hall–Kier alpha value is -1.60. The van der Waals surface area contributed by atoms with Gasteiger partial charge in [0.15, 0.2) is 5.75 Å². The lowest BCUT2D eigenvalue weighted by molar-refractivity contribution is 0.190. The van der Waals surface area contributed by atoms with Crippen molar-refractivity contribution in [2.45, 2.75) is 46.1 Å². The first kappa shape index (κ1) is 22.7. The summed E-state index contributed by atoms with van der Waals surface area (Å²) in [5.74, 6) is 0.583. The number of nitrogens with one attached hydrogen (secondary N) is 1. The summed E-state index contributed by atoms with van der Waals surface area (Å²) in [6, 6.07) is 3.09. The molecule has 0 fully saturated rings. The third-order valence-electron chi connectivity index (χ3n) is 3.63. The van der Waals surface area contributed by atoms with Crippen LogP contribution in [-0.4, -0.2) is 33.3 Å². The Bertz CT molecular complexity index is 883. The molecule has 0 radical (unpaired) electrons. The molecule has 152 valence electrons. The van der Waals surface area contributed by atoms with Gasteiger partial charge in [-0.1, -0.05) is 34.8 Å². The van der Waals surface area contributed by atoms with Gasteiger partial charge in [-0.05, 0) is 52.7 Å². The molecule has 2 rings (SSSR count). The number of rotatable bonds is 5. The fourth-order valence-corrected chi connectivity index (χ4v) is 3.40. The first-order chi connectivity index (χ1) is 13.0. The summed E-state index contributed by atoms with van der Waals surface area (Å²) in [5, 5.41) is 12.6. The number of aromatic nitrogens is 2. The zero-order valence-electron chi connectivity index (χ0n) is 16.1. The molecule has 0 aliphatic rings. The molecule has 1 heterocycles. The fraction of sp³-hybridized carbons (Fsp3) is 0.421. The Labute approximate surface area is 179 Å². The number of hydrogen-bond acceptors (Lipinski definition) is 5. The highest BCUT2D eigenvalue weighted by atomic mass is 35.5. The van der Waals surface area contributed by atoms with Gasteiger partial charge >= 0.3 is 6.09 Å². The maximum Gasteiger partial charge on any atom is 0.413 e. The lowest BCUT2D eigenvalue weighted by Gasteiger charge is -2.21. The van der Waals surface area contributed by atoms with Gasteiger partial charge in [0, 0.05) is 23.3 Å². The molecule has 0 saturated carbocycles. The van der Waals surface area contributed by atoms with Gasteiger partial charge in [-0.3, -0.25) is 0 Å². The van der Waals surface area contributed by atoms with E-state index in [0.717, 1.165) is 0 Å². The Morgan fingerprint density at radius 3 is 2.50 bits per heavy atom. The molecule has 0 spiro atoms. The first-order valence-corrected chi connectivity index (χ1v) is 9.79. The number of aliphatic hydroxyl groups excluding tert-OH is 1. The van der Waals surface area contributed by atoms with Crippen LogP contribution in [0.4, 0.5) is 4.79 Å². The van der Waals surface area contributed by atoms with Crippen molar-refractivity contribution in [1.82, 2.24) is 15.3 Å². The maximum atomic E-state index is 12.1. The molecule has 0 aliphatic heterocycles. The molecule has 1 aromatic heterocycles. The van der Waals surface area contributed by atoms with E-state index in [0.29, 0.717) is 40.5 Å². The average Bonchev–Trinajstić information content (AvgIpc) is 2.55. The highest BCUT2D eigenvalue weighted by molar-refractivity contribution is 6.40. The van der Waals surface area contributed by atoms with E-state index in [1.165, 1.54) is 6.07 Å². The van der Waals surface area contributed by atoms with E-state index < -0.39 is 11.6 Å².